The molecule has 0 radical (unpaired) electrons. The van der Waals surface area contributed by atoms with Gasteiger partial charge in [-0.2, -0.15) is 13.2 Å². The molecule has 2 aliphatic heterocycles. The van der Waals surface area contributed by atoms with Crippen molar-refractivity contribution in [3.8, 4) is 0 Å². The molecular weight excluding hydrogens is 333 g/mol. The molecule has 1 aromatic carbocycles. The molecule has 0 fully saturated rings. The summed E-state index contributed by atoms with van der Waals surface area (Å²) < 4.78 is 44.2. The van der Waals surface area contributed by atoms with Gasteiger partial charge in [0.05, 0.1) is 17.3 Å². The van der Waals surface area contributed by atoms with Gasteiger partial charge in [-0.3, -0.25) is 9.89 Å². The number of allylic oxidation sites excluding steroid dienone is 1. The predicted octanol–water partition coefficient (Wildman–Crippen LogP) is 4.64. The van der Waals surface area contributed by atoms with Crippen molar-refractivity contribution in [1.82, 2.24) is 0 Å². The van der Waals surface area contributed by atoms with E-state index < -0.39 is 29.5 Å². The van der Waals surface area contributed by atoms with Gasteiger partial charge in [-0.1, -0.05) is 18.2 Å². The van der Waals surface area contributed by atoms with Gasteiger partial charge in [0.1, 0.15) is 5.60 Å². The van der Waals surface area contributed by atoms with Crippen LogP contribution in [0.15, 0.2) is 41.0 Å². The van der Waals surface area contributed by atoms with E-state index in [4.69, 9.17) is 4.74 Å². The number of para-hydroxylation sites is 1. The molecule has 0 spiro atoms. The quantitative estimate of drug-likeness (QED) is 0.739. The largest absolute Gasteiger partial charge is 0.443 e. The molecule has 0 saturated heterocycles. The molecule has 1 unspecified atom stereocenters. The molecule has 0 aromatic heterocycles. The number of alkyl halides is 3. The summed E-state index contributed by atoms with van der Waals surface area (Å²) in [6, 6.07) is 6.69. The third kappa shape index (κ3) is 3.55. The number of amides is 1. The fraction of sp³-hybridized carbons (Fsp3) is 0.444. The Hall–Kier alpha value is -2.31. The molecule has 2 heterocycles. The Morgan fingerprint density at radius 1 is 1.24 bits per heavy atom. The Morgan fingerprint density at radius 3 is 2.52 bits per heavy atom. The predicted molar refractivity (Wildman–Crippen MR) is 88.8 cm³/mol. The van der Waals surface area contributed by atoms with Crippen molar-refractivity contribution in [2.75, 3.05) is 4.90 Å². The Morgan fingerprint density at radius 2 is 1.92 bits per heavy atom. The second-order valence-electron chi connectivity index (χ2n) is 7.15. The van der Waals surface area contributed by atoms with Crippen molar-refractivity contribution in [1.29, 1.82) is 0 Å². The minimum Gasteiger partial charge on any atom is -0.443 e. The van der Waals surface area contributed by atoms with Crippen molar-refractivity contribution in [2.24, 2.45) is 4.99 Å². The maximum absolute atomic E-state index is 12.9. The maximum atomic E-state index is 12.9. The fourth-order valence-electron chi connectivity index (χ4n) is 3.01. The number of carbonyl (C=O) groups excluding carboxylic acids is 1. The van der Waals surface area contributed by atoms with Crippen LogP contribution in [0.1, 0.15) is 32.8 Å². The molecule has 3 rings (SSSR count). The van der Waals surface area contributed by atoms with Crippen molar-refractivity contribution in [3.05, 3.63) is 41.6 Å². The zero-order valence-corrected chi connectivity index (χ0v) is 14.2. The number of rotatable bonds is 1. The Labute approximate surface area is 144 Å². The highest BCUT2D eigenvalue weighted by molar-refractivity contribution is 6.05. The Bertz CT molecular complexity index is 760. The number of carbonyl (C=O) groups is 1. The molecule has 4 nitrogen and oxygen atoms in total. The molecule has 1 atom stereocenters. The SMILES string of the molecule is CC(C)(C)OC(=O)N1c2ccccc2CC1C1=NC=C(C(F)(F)F)C1. The molecule has 0 saturated carbocycles. The van der Waals surface area contributed by atoms with Crippen LogP contribution in [0, 0.1) is 0 Å². The van der Waals surface area contributed by atoms with Crippen LogP contribution < -0.4 is 4.90 Å². The van der Waals surface area contributed by atoms with E-state index >= 15 is 0 Å². The van der Waals surface area contributed by atoms with E-state index in [-0.39, 0.29) is 6.42 Å². The minimum absolute atomic E-state index is 0.304. The van der Waals surface area contributed by atoms with Gasteiger partial charge in [0.25, 0.3) is 0 Å². The number of aliphatic imine (C=N–C) groups is 1. The van der Waals surface area contributed by atoms with Gasteiger partial charge in [0.15, 0.2) is 0 Å². The second-order valence-corrected chi connectivity index (χ2v) is 7.15. The molecule has 25 heavy (non-hydrogen) atoms. The normalized spacial score (nSPS) is 20.2. The number of hydrogen-bond donors (Lipinski definition) is 0. The van der Waals surface area contributed by atoms with Crippen LogP contribution in [-0.4, -0.2) is 29.6 Å². The van der Waals surface area contributed by atoms with E-state index in [0.717, 1.165) is 11.8 Å². The fourth-order valence-corrected chi connectivity index (χ4v) is 3.01. The second kappa shape index (κ2) is 5.89. The van der Waals surface area contributed by atoms with Crippen LogP contribution in [0.25, 0.3) is 0 Å². The van der Waals surface area contributed by atoms with Crippen molar-refractivity contribution >= 4 is 17.5 Å². The monoisotopic (exact) mass is 352 g/mol. The molecule has 0 bridgehead atoms. The van der Waals surface area contributed by atoms with E-state index in [2.05, 4.69) is 4.99 Å². The molecule has 7 heteroatoms. The summed E-state index contributed by atoms with van der Waals surface area (Å²) in [5.41, 5.74) is 0.481. The number of ether oxygens (including phenoxy) is 1. The van der Waals surface area contributed by atoms with Gasteiger partial charge in [-0.15, -0.1) is 0 Å². The smallest absolute Gasteiger partial charge is 0.415 e. The average molecular weight is 352 g/mol. The molecule has 134 valence electrons. The van der Waals surface area contributed by atoms with E-state index in [1.165, 1.54) is 4.90 Å². The molecule has 1 amide bonds. The van der Waals surface area contributed by atoms with Crippen molar-refractivity contribution in [2.45, 2.75) is 51.4 Å². The van der Waals surface area contributed by atoms with Gasteiger partial charge in [-0.25, -0.2) is 4.79 Å². The summed E-state index contributed by atoms with van der Waals surface area (Å²) in [7, 11) is 0. The van der Waals surface area contributed by atoms with E-state index in [1.54, 1.807) is 32.9 Å². The first-order valence-electron chi connectivity index (χ1n) is 7.99. The number of anilines is 1. The highest BCUT2D eigenvalue weighted by atomic mass is 19.4. The first-order valence-corrected chi connectivity index (χ1v) is 7.99. The number of hydrogen-bond acceptors (Lipinski definition) is 3. The first-order chi connectivity index (χ1) is 11.6. The lowest BCUT2D eigenvalue weighted by Crippen LogP contribution is -2.45. The molecule has 0 aliphatic carbocycles. The maximum Gasteiger partial charge on any atom is 0.415 e. The lowest BCUT2D eigenvalue weighted by molar-refractivity contribution is -0.0923. The van der Waals surface area contributed by atoms with E-state index in [0.29, 0.717) is 17.8 Å². The standard InChI is InChI=1S/C18H19F3N2O2/c1-17(2,3)25-16(24)23-14-7-5-4-6-11(14)8-15(23)13-9-12(10-22-13)18(19,20)21/h4-7,10,15H,8-9H2,1-3H3. The number of benzene rings is 1. The molecule has 0 N–H and O–H groups in total. The Balaban J connectivity index is 1.88. The summed E-state index contributed by atoms with van der Waals surface area (Å²) >= 11 is 0. The van der Waals surface area contributed by atoms with Gasteiger partial charge in [-0.05, 0) is 32.4 Å². The zero-order chi connectivity index (χ0) is 18.4. The van der Waals surface area contributed by atoms with Gasteiger partial charge in [0.2, 0.25) is 0 Å². The van der Waals surface area contributed by atoms with E-state index in [9.17, 15) is 18.0 Å². The number of halogens is 3. The lowest BCUT2D eigenvalue weighted by atomic mass is 10.0. The topological polar surface area (TPSA) is 41.9 Å². The summed E-state index contributed by atoms with van der Waals surface area (Å²) in [5, 5.41) is 0. The van der Waals surface area contributed by atoms with Gasteiger partial charge in [0, 0.05) is 24.8 Å². The number of fused-ring (bicyclic) bond motifs is 1. The third-order valence-corrected chi connectivity index (χ3v) is 4.07. The number of nitrogens with zero attached hydrogens (tertiary/aromatic N) is 2. The van der Waals surface area contributed by atoms with Crippen LogP contribution in [0.4, 0.5) is 23.7 Å². The average Bonchev–Trinajstić information content (AvgIpc) is 3.09. The van der Waals surface area contributed by atoms with Crippen molar-refractivity contribution in [3.63, 3.8) is 0 Å². The molecular formula is C18H19F3N2O2. The van der Waals surface area contributed by atoms with Gasteiger partial charge >= 0.3 is 12.3 Å². The highest BCUT2D eigenvalue weighted by Gasteiger charge is 2.43. The summed E-state index contributed by atoms with van der Waals surface area (Å²) in [6.07, 6.45) is -4.01. The Kier molecular flexibility index (Phi) is 4.13. The molecule has 2 aliphatic rings. The summed E-state index contributed by atoms with van der Waals surface area (Å²) in [5.74, 6) is 0. The summed E-state index contributed by atoms with van der Waals surface area (Å²) in [4.78, 5) is 18.1. The lowest BCUT2D eigenvalue weighted by Gasteiger charge is -2.29. The van der Waals surface area contributed by atoms with Crippen LogP contribution in [0.5, 0.6) is 0 Å². The summed E-state index contributed by atoms with van der Waals surface area (Å²) in [6.45, 7) is 5.24. The first kappa shape index (κ1) is 17.5. The minimum atomic E-state index is -4.41. The van der Waals surface area contributed by atoms with Gasteiger partial charge < -0.3 is 4.74 Å². The highest BCUT2D eigenvalue weighted by Crippen LogP contribution is 2.38. The van der Waals surface area contributed by atoms with E-state index in [1.807, 2.05) is 12.1 Å². The molecule has 1 aromatic rings. The third-order valence-electron chi connectivity index (χ3n) is 4.07. The van der Waals surface area contributed by atoms with Crippen LogP contribution in [0.2, 0.25) is 0 Å². The van der Waals surface area contributed by atoms with Crippen LogP contribution in [0.3, 0.4) is 0 Å². The van der Waals surface area contributed by atoms with Crippen LogP contribution in [-0.2, 0) is 11.2 Å². The van der Waals surface area contributed by atoms with Crippen LogP contribution >= 0.6 is 0 Å². The van der Waals surface area contributed by atoms with Crippen molar-refractivity contribution < 1.29 is 22.7 Å². The zero-order valence-electron chi connectivity index (χ0n) is 14.2.